The minimum atomic E-state index is -0.399. The van der Waals surface area contributed by atoms with Crippen molar-refractivity contribution in [2.24, 2.45) is 0 Å². The summed E-state index contributed by atoms with van der Waals surface area (Å²) in [5.41, 5.74) is 5.58. The summed E-state index contributed by atoms with van der Waals surface area (Å²) in [6.45, 7) is 9.05. The highest BCUT2D eigenvalue weighted by Crippen LogP contribution is 2.39. The van der Waals surface area contributed by atoms with Gasteiger partial charge in [0.2, 0.25) is 11.9 Å². The Morgan fingerprint density at radius 1 is 1.15 bits per heavy atom. The standard InChI is InChI=1S/C35H40N8O5/c1-4-32(46)37-26-19-27(30(47-3)20-28(26)43-14-12-42(13-15-43)21-22(2)45)39-35-36-11-9-25(38-35)34-33(40-31(41-34)6-5-16-44)24-8-7-23-10-17-48-29(23)18-24/h4,7-11,17-20,22,44-45H,1,5-6,12-16,21H2,2-3H3,(H,37,46)(H,40,41)(H,36,38,39). The number of aromatic amines is 1. The normalized spacial score (nSPS) is 14.2. The third-order valence-electron chi connectivity index (χ3n) is 8.21. The highest BCUT2D eigenvalue weighted by Gasteiger charge is 2.23. The van der Waals surface area contributed by atoms with Crippen LogP contribution in [0.5, 0.6) is 5.75 Å². The van der Waals surface area contributed by atoms with Crippen LogP contribution in [-0.4, -0.2) is 93.5 Å². The second-order valence-corrected chi connectivity index (χ2v) is 11.7. The Balaban J connectivity index is 1.32. The molecule has 0 saturated carbocycles. The van der Waals surface area contributed by atoms with Crippen LogP contribution in [0.3, 0.4) is 0 Å². The van der Waals surface area contributed by atoms with Gasteiger partial charge in [-0.25, -0.2) is 15.0 Å². The van der Waals surface area contributed by atoms with Crippen LogP contribution < -0.4 is 20.3 Å². The van der Waals surface area contributed by atoms with E-state index in [9.17, 15) is 15.0 Å². The zero-order valence-electron chi connectivity index (χ0n) is 27.1. The quantitative estimate of drug-likeness (QED) is 0.113. The summed E-state index contributed by atoms with van der Waals surface area (Å²) in [5, 5.41) is 26.5. The summed E-state index contributed by atoms with van der Waals surface area (Å²) in [5.74, 6) is 1.25. The number of aromatic nitrogens is 4. The second kappa shape index (κ2) is 14.7. The average molecular weight is 653 g/mol. The van der Waals surface area contributed by atoms with Crippen molar-refractivity contribution in [3.05, 3.63) is 73.4 Å². The summed E-state index contributed by atoms with van der Waals surface area (Å²) in [6, 6.07) is 13.3. The van der Waals surface area contributed by atoms with Crippen LogP contribution in [0.25, 0.3) is 33.6 Å². The first-order chi connectivity index (χ1) is 23.3. The molecule has 250 valence electrons. The van der Waals surface area contributed by atoms with Crippen LogP contribution in [0.4, 0.5) is 23.0 Å². The molecule has 13 nitrogen and oxygen atoms in total. The molecule has 1 saturated heterocycles. The number of furan rings is 1. The van der Waals surface area contributed by atoms with Crippen molar-refractivity contribution in [3.8, 4) is 28.4 Å². The highest BCUT2D eigenvalue weighted by atomic mass is 16.5. The molecule has 1 atom stereocenters. The second-order valence-electron chi connectivity index (χ2n) is 11.7. The third kappa shape index (κ3) is 7.33. The number of piperazine rings is 1. The van der Waals surface area contributed by atoms with Gasteiger partial charge in [-0.1, -0.05) is 18.7 Å². The van der Waals surface area contributed by atoms with Gasteiger partial charge in [-0.05, 0) is 43.7 Å². The van der Waals surface area contributed by atoms with Crippen molar-refractivity contribution in [1.29, 1.82) is 0 Å². The van der Waals surface area contributed by atoms with E-state index in [2.05, 4.69) is 37.0 Å². The Labute approximate surface area is 278 Å². The zero-order chi connectivity index (χ0) is 33.6. The van der Waals surface area contributed by atoms with Crippen LogP contribution in [0.15, 0.2) is 72.0 Å². The Morgan fingerprint density at radius 3 is 2.73 bits per heavy atom. The molecule has 6 rings (SSSR count). The number of carbonyl (C=O) groups is 1. The monoisotopic (exact) mass is 652 g/mol. The Bertz CT molecular complexity index is 1890. The van der Waals surface area contributed by atoms with Gasteiger partial charge in [-0.3, -0.25) is 9.69 Å². The summed E-state index contributed by atoms with van der Waals surface area (Å²) < 4.78 is 11.5. The number of ether oxygens (including phenoxy) is 1. The number of nitrogens with one attached hydrogen (secondary N) is 3. The molecular weight excluding hydrogens is 612 g/mol. The van der Waals surface area contributed by atoms with Crippen LogP contribution in [0.2, 0.25) is 0 Å². The van der Waals surface area contributed by atoms with Gasteiger partial charge in [-0.15, -0.1) is 0 Å². The summed E-state index contributed by atoms with van der Waals surface area (Å²) in [7, 11) is 1.59. The number of amides is 1. The number of aliphatic hydroxyl groups is 2. The Kier molecular flexibility index (Phi) is 9.99. The van der Waals surface area contributed by atoms with Crippen LogP contribution in [-0.2, 0) is 11.2 Å². The van der Waals surface area contributed by atoms with E-state index in [0.717, 1.165) is 41.1 Å². The first-order valence-electron chi connectivity index (χ1n) is 15.9. The van der Waals surface area contributed by atoms with E-state index >= 15 is 0 Å². The molecule has 0 radical (unpaired) electrons. The Hall–Kier alpha value is -5.24. The summed E-state index contributed by atoms with van der Waals surface area (Å²) in [4.78, 5) is 34.5. The molecule has 1 unspecified atom stereocenters. The minimum Gasteiger partial charge on any atom is -0.494 e. The molecule has 1 fully saturated rings. The van der Waals surface area contributed by atoms with Gasteiger partial charge in [-0.2, -0.15) is 0 Å². The average Bonchev–Trinajstić information content (AvgIpc) is 3.75. The largest absolute Gasteiger partial charge is 0.494 e. The number of hydrogen-bond acceptors (Lipinski definition) is 11. The van der Waals surface area contributed by atoms with Crippen molar-refractivity contribution >= 4 is 39.9 Å². The number of benzene rings is 2. The molecule has 5 N–H and O–H groups in total. The SMILES string of the molecule is C=CC(=O)Nc1cc(Nc2nccc(-c3[nH]c(CCCO)nc3-c3ccc4ccoc4c3)n2)c(OC)cc1N1CCN(CC(C)O)CC1. The fraction of sp³-hybridized carbons (Fsp3) is 0.314. The predicted molar refractivity (Wildman–Crippen MR) is 186 cm³/mol. The topological polar surface area (TPSA) is 165 Å². The van der Waals surface area contributed by atoms with Crippen molar-refractivity contribution in [2.45, 2.75) is 25.9 Å². The van der Waals surface area contributed by atoms with E-state index in [-0.39, 0.29) is 12.5 Å². The number of aryl methyl sites for hydroxylation is 1. The smallest absolute Gasteiger partial charge is 0.247 e. The molecule has 0 aliphatic carbocycles. The maximum absolute atomic E-state index is 12.5. The number of aliphatic hydroxyl groups excluding tert-OH is 2. The molecule has 4 heterocycles. The molecule has 13 heteroatoms. The van der Waals surface area contributed by atoms with Crippen LogP contribution in [0, 0.1) is 0 Å². The maximum Gasteiger partial charge on any atom is 0.247 e. The van der Waals surface area contributed by atoms with E-state index in [1.54, 1.807) is 38.6 Å². The van der Waals surface area contributed by atoms with Crippen LogP contribution in [0.1, 0.15) is 19.2 Å². The number of anilines is 4. The maximum atomic E-state index is 12.5. The lowest BCUT2D eigenvalue weighted by molar-refractivity contribution is -0.111. The van der Waals surface area contributed by atoms with Gasteiger partial charge in [0.15, 0.2) is 0 Å². The number of nitrogens with zero attached hydrogens (tertiary/aromatic N) is 5. The molecular formula is C35H40N8O5. The number of H-pyrrole nitrogens is 1. The van der Waals surface area contributed by atoms with E-state index in [1.807, 2.05) is 30.3 Å². The lowest BCUT2D eigenvalue weighted by Crippen LogP contribution is -2.48. The first-order valence-corrected chi connectivity index (χ1v) is 15.9. The van der Waals surface area contributed by atoms with E-state index in [0.29, 0.717) is 72.6 Å². The van der Waals surface area contributed by atoms with Gasteiger partial charge in [0.05, 0.1) is 53.6 Å². The number of imidazole rings is 1. The fourth-order valence-electron chi connectivity index (χ4n) is 5.89. The lowest BCUT2D eigenvalue weighted by Gasteiger charge is -2.37. The van der Waals surface area contributed by atoms with Gasteiger partial charge < -0.3 is 39.9 Å². The number of β-amino-alcohol motifs (C(OH)–C–C–N with tert-alkyl or cyclic N) is 1. The number of fused-ring (bicyclic) bond motifs is 1. The van der Waals surface area contributed by atoms with Crippen molar-refractivity contribution in [3.63, 3.8) is 0 Å². The molecule has 2 aromatic carbocycles. The van der Waals surface area contributed by atoms with Gasteiger partial charge in [0.25, 0.3) is 0 Å². The van der Waals surface area contributed by atoms with Gasteiger partial charge in [0, 0.05) is 69.0 Å². The summed E-state index contributed by atoms with van der Waals surface area (Å²) >= 11 is 0. The summed E-state index contributed by atoms with van der Waals surface area (Å²) in [6.07, 6.45) is 5.29. The fourth-order valence-corrected chi connectivity index (χ4v) is 5.89. The van der Waals surface area contributed by atoms with Gasteiger partial charge >= 0.3 is 0 Å². The third-order valence-corrected chi connectivity index (χ3v) is 8.21. The molecule has 0 spiro atoms. The highest BCUT2D eigenvalue weighted by molar-refractivity contribution is 6.02. The molecule has 1 amide bonds. The number of hydrogen-bond donors (Lipinski definition) is 5. The van der Waals surface area contributed by atoms with E-state index in [1.165, 1.54) is 6.08 Å². The molecule has 5 aromatic rings. The molecule has 1 aliphatic heterocycles. The van der Waals surface area contributed by atoms with E-state index < -0.39 is 6.10 Å². The zero-order valence-corrected chi connectivity index (χ0v) is 27.1. The first kappa shape index (κ1) is 32.7. The lowest BCUT2D eigenvalue weighted by atomic mass is 10.1. The predicted octanol–water partition coefficient (Wildman–Crippen LogP) is 4.58. The van der Waals surface area contributed by atoms with Crippen molar-refractivity contribution in [1.82, 2.24) is 24.8 Å². The number of rotatable bonds is 13. The number of methoxy groups -OCH3 is 1. The molecule has 48 heavy (non-hydrogen) atoms. The van der Waals surface area contributed by atoms with Crippen molar-refractivity contribution in [2.75, 3.05) is 62.0 Å². The van der Waals surface area contributed by atoms with Crippen molar-refractivity contribution < 1.29 is 24.2 Å². The molecule has 3 aromatic heterocycles. The molecule has 1 aliphatic rings. The number of carbonyl (C=O) groups excluding carboxylic acids is 1. The molecule has 0 bridgehead atoms. The van der Waals surface area contributed by atoms with Gasteiger partial charge in [0.1, 0.15) is 17.2 Å². The van der Waals surface area contributed by atoms with Crippen LogP contribution >= 0.6 is 0 Å². The van der Waals surface area contributed by atoms with E-state index in [4.69, 9.17) is 19.1 Å². The Morgan fingerprint density at radius 2 is 1.98 bits per heavy atom. The minimum absolute atomic E-state index is 0.0559.